The van der Waals surface area contributed by atoms with Gasteiger partial charge in [-0.15, -0.1) is 0 Å². The van der Waals surface area contributed by atoms with Crippen molar-refractivity contribution in [3.8, 4) is 0 Å². The molecular weight excluding hydrogens is 234 g/mol. The molecule has 2 N–H and O–H groups in total. The van der Waals surface area contributed by atoms with Crippen molar-refractivity contribution in [1.29, 1.82) is 0 Å². The second-order valence-corrected chi connectivity index (χ2v) is 5.09. The summed E-state index contributed by atoms with van der Waals surface area (Å²) in [5.41, 5.74) is 3.45. The Balaban J connectivity index is 1.70. The molecule has 19 heavy (non-hydrogen) atoms. The first-order valence-electron chi connectivity index (χ1n) is 6.70. The standard InChI is InChI=1S/C16H15N3/c1-4-14-12(9-10-17-14)15(5-1)19-16-6-2-3-13(18-16)11-7-8-11/h1-6,9-11,17H,7-8H2,(H,18,19). The fourth-order valence-corrected chi connectivity index (χ4v) is 2.46. The van der Waals surface area contributed by atoms with Gasteiger partial charge in [0.2, 0.25) is 0 Å². The van der Waals surface area contributed by atoms with Crippen LogP contribution in [0.4, 0.5) is 11.5 Å². The SMILES string of the molecule is c1cc(Nc2cccc3[nH]ccc23)nc(C2CC2)c1. The summed E-state index contributed by atoms with van der Waals surface area (Å²) in [5.74, 6) is 1.61. The molecule has 2 aromatic heterocycles. The third kappa shape index (κ3) is 1.97. The molecular formula is C16H15N3. The number of aromatic nitrogens is 2. The first-order chi connectivity index (χ1) is 9.40. The minimum Gasteiger partial charge on any atom is -0.361 e. The number of anilines is 2. The smallest absolute Gasteiger partial charge is 0.130 e. The van der Waals surface area contributed by atoms with Crippen LogP contribution in [0.3, 0.4) is 0 Å². The van der Waals surface area contributed by atoms with E-state index in [-0.39, 0.29) is 0 Å². The maximum absolute atomic E-state index is 4.70. The fraction of sp³-hybridized carbons (Fsp3) is 0.188. The van der Waals surface area contributed by atoms with Crippen LogP contribution >= 0.6 is 0 Å². The first-order valence-corrected chi connectivity index (χ1v) is 6.70. The number of hydrogen-bond donors (Lipinski definition) is 2. The van der Waals surface area contributed by atoms with Gasteiger partial charge in [-0.2, -0.15) is 0 Å². The van der Waals surface area contributed by atoms with Gasteiger partial charge in [-0.25, -0.2) is 4.98 Å². The third-order valence-electron chi connectivity index (χ3n) is 3.62. The maximum atomic E-state index is 4.70. The van der Waals surface area contributed by atoms with Gasteiger partial charge in [0.1, 0.15) is 5.82 Å². The molecule has 3 nitrogen and oxygen atoms in total. The highest BCUT2D eigenvalue weighted by Crippen LogP contribution is 2.39. The third-order valence-corrected chi connectivity index (χ3v) is 3.62. The van der Waals surface area contributed by atoms with Crippen LogP contribution in [0, 0.1) is 0 Å². The summed E-state index contributed by atoms with van der Waals surface area (Å²) in [6, 6.07) is 14.5. The molecule has 1 aromatic carbocycles. The van der Waals surface area contributed by atoms with Gasteiger partial charge in [0.25, 0.3) is 0 Å². The summed E-state index contributed by atoms with van der Waals surface area (Å²) in [7, 11) is 0. The molecule has 0 bridgehead atoms. The minimum absolute atomic E-state index is 0.685. The van der Waals surface area contributed by atoms with Crippen LogP contribution in [-0.2, 0) is 0 Å². The molecule has 3 heteroatoms. The zero-order valence-electron chi connectivity index (χ0n) is 10.6. The summed E-state index contributed by atoms with van der Waals surface area (Å²) in [6.07, 6.45) is 4.53. The van der Waals surface area contributed by atoms with Crippen LogP contribution in [0.5, 0.6) is 0 Å². The Morgan fingerprint density at radius 2 is 1.95 bits per heavy atom. The van der Waals surface area contributed by atoms with Gasteiger partial charge in [-0.1, -0.05) is 12.1 Å². The van der Waals surface area contributed by atoms with E-state index in [1.165, 1.54) is 23.9 Å². The molecule has 0 atom stereocenters. The van der Waals surface area contributed by atoms with Crippen LogP contribution in [0.15, 0.2) is 48.7 Å². The van der Waals surface area contributed by atoms with Crippen LogP contribution in [0.1, 0.15) is 24.5 Å². The van der Waals surface area contributed by atoms with Crippen LogP contribution < -0.4 is 5.32 Å². The average Bonchev–Trinajstić information content (AvgIpc) is 3.17. The van der Waals surface area contributed by atoms with Crippen molar-refractivity contribution < 1.29 is 0 Å². The molecule has 3 aromatic rings. The number of nitrogens with one attached hydrogen (secondary N) is 2. The highest BCUT2D eigenvalue weighted by molar-refractivity contribution is 5.93. The minimum atomic E-state index is 0.685. The van der Waals surface area contributed by atoms with Crippen molar-refractivity contribution in [1.82, 2.24) is 9.97 Å². The van der Waals surface area contributed by atoms with Gasteiger partial charge in [0.15, 0.2) is 0 Å². The summed E-state index contributed by atoms with van der Waals surface area (Å²) < 4.78 is 0. The number of nitrogens with zero attached hydrogens (tertiary/aromatic N) is 1. The van der Waals surface area contributed by atoms with Gasteiger partial charge in [0, 0.05) is 34.4 Å². The van der Waals surface area contributed by atoms with Crippen LogP contribution in [0.2, 0.25) is 0 Å². The van der Waals surface area contributed by atoms with E-state index in [1.807, 2.05) is 18.3 Å². The molecule has 1 aliphatic carbocycles. The van der Waals surface area contributed by atoms with Crippen molar-refractivity contribution >= 4 is 22.4 Å². The van der Waals surface area contributed by atoms with Crippen molar-refractivity contribution in [3.05, 3.63) is 54.4 Å². The molecule has 1 fully saturated rings. The number of rotatable bonds is 3. The van der Waals surface area contributed by atoms with Gasteiger partial charge in [-0.05, 0) is 43.2 Å². The Morgan fingerprint density at radius 3 is 2.84 bits per heavy atom. The van der Waals surface area contributed by atoms with Crippen molar-refractivity contribution in [3.63, 3.8) is 0 Å². The summed E-state index contributed by atoms with van der Waals surface area (Å²) in [5, 5.41) is 4.62. The lowest BCUT2D eigenvalue weighted by atomic mass is 10.2. The molecule has 0 radical (unpaired) electrons. The van der Waals surface area contributed by atoms with E-state index in [0.717, 1.165) is 17.0 Å². The Morgan fingerprint density at radius 1 is 1.05 bits per heavy atom. The predicted octanol–water partition coefficient (Wildman–Crippen LogP) is 4.18. The molecule has 0 spiro atoms. The Hall–Kier alpha value is -2.29. The normalized spacial score (nSPS) is 14.7. The zero-order chi connectivity index (χ0) is 12.7. The molecule has 94 valence electrons. The Labute approximate surface area is 111 Å². The van der Waals surface area contributed by atoms with E-state index in [2.05, 4.69) is 40.6 Å². The molecule has 0 unspecified atom stereocenters. The molecule has 2 heterocycles. The Bertz CT molecular complexity index is 725. The lowest BCUT2D eigenvalue weighted by Gasteiger charge is -2.08. The van der Waals surface area contributed by atoms with E-state index in [9.17, 15) is 0 Å². The first kappa shape index (κ1) is 10.6. The van der Waals surface area contributed by atoms with E-state index >= 15 is 0 Å². The lowest BCUT2D eigenvalue weighted by molar-refractivity contribution is 1.03. The lowest BCUT2D eigenvalue weighted by Crippen LogP contribution is -1.96. The maximum Gasteiger partial charge on any atom is 0.130 e. The van der Waals surface area contributed by atoms with Crippen molar-refractivity contribution in [2.45, 2.75) is 18.8 Å². The summed E-state index contributed by atoms with van der Waals surface area (Å²) in [6.45, 7) is 0. The van der Waals surface area contributed by atoms with E-state index < -0.39 is 0 Å². The van der Waals surface area contributed by atoms with Gasteiger partial charge in [0.05, 0.1) is 0 Å². The molecule has 1 saturated carbocycles. The molecule has 0 aliphatic heterocycles. The summed E-state index contributed by atoms with van der Waals surface area (Å²) >= 11 is 0. The zero-order valence-corrected chi connectivity index (χ0v) is 10.6. The van der Waals surface area contributed by atoms with Crippen molar-refractivity contribution in [2.24, 2.45) is 0 Å². The number of benzene rings is 1. The van der Waals surface area contributed by atoms with Gasteiger partial charge < -0.3 is 10.3 Å². The second-order valence-electron chi connectivity index (χ2n) is 5.09. The number of aromatic amines is 1. The Kier molecular flexibility index (Phi) is 2.30. The highest BCUT2D eigenvalue weighted by Gasteiger charge is 2.24. The van der Waals surface area contributed by atoms with Crippen LogP contribution in [0.25, 0.3) is 10.9 Å². The number of hydrogen-bond acceptors (Lipinski definition) is 2. The predicted molar refractivity (Wildman–Crippen MR) is 77.8 cm³/mol. The van der Waals surface area contributed by atoms with E-state index in [4.69, 9.17) is 4.98 Å². The quantitative estimate of drug-likeness (QED) is 0.731. The van der Waals surface area contributed by atoms with E-state index in [1.54, 1.807) is 0 Å². The fourth-order valence-electron chi connectivity index (χ4n) is 2.46. The van der Waals surface area contributed by atoms with Crippen molar-refractivity contribution in [2.75, 3.05) is 5.32 Å². The monoisotopic (exact) mass is 249 g/mol. The highest BCUT2D eigenvalue weighted by atomic mass is 15.0. The topological polar surface area (TPSA) is 40.7 Å². The summed E-state index contributed by atoms with van der Waals surface area (Å²) in [4.78, 5) is 7.92. The van der Waals surface area contributed by atoms with Crippen LogP contribution in [-0.4, -0.2) is 9.97 Å². The molecule has 0 amide bonds. The van der Waals surface area contributed by atoms with Gasteiger partial charge in [-0.3, -0.25) is 0 Å². The molecule has 4 rings (SSSR count). The van der Waals surface area contributed by atoms with E-state index in [0.29, 0.717) is 5.92 Å². The molecule has 0 saturated heterocycles. The number of H-pyrrole nitrogens is 1. The van der Waals surface area contributed by atoms with Gasteiger partial charge >= 0.3 is 0 Å². The second kappa shape index (κ2) is 4.12. The number of fused-ring (bicyclic) bond motifs is 1. The number of pyridine rings is 1. The average molecular weight is 249 g/mol. The largest absolute Gasteiger partial charge is 0.361 e. The molecule has 1 aliphatic rings.